The van der Waals surface area contributed by atoms with Gasteiger partial charge in [-0.1, -0.05) is 6.07 Å². The van der Waals surface area contributed by atoms with Crippen LogP contribution in [0.4, 0.5) is 0 Å². The van der Waals surface area contributed by atoms with Gasteiger partial charge in [0, 0.05) is 11.8 Å². The van der Waals surface area contributed by atoms with E-state index in [0.29, 0.717) is 39.7 Å². The second-order valence-corrected chi connectivity index (χ2v) is 7.89. The Morgan fingerprint density at radius 1 is 1.09 bits per heavy atom. The second kappa shape index (κ2) is 7.85. The summed E-state index contributed by atoms with van der Waals surface area (Å²) in [7, 11) is 3.08. The molecule has 4 heterocycles. The summed E-state index contributed by atoms with van der Waals surface area (Å²) >= 11 is 0. The van der Waals surface area contributed by atoms with Gasteiger partial charge >= 0.3 is 0 Å². The van der Waals surface area contributed by atoms with E-state index in [1.165, 1.54) is 7.11 Å². The van der Waals surface area contributed by atoms with Crippen LogP contribution in [0.1, 0.15) is 25.2 Å². The van der Waals surface area contributed by atoms with Crippen molar-refractivity contribution in [1.82, 2.24) is 19.5 Å². The van der Waals surface area contributed by atoms with Gasteiger partial charge in [0.1, 0.15) is 5.82 Å². The SMILES string of the molecule is COc1cc(-c2ccc3c(O)n(-c4cccc(C(C)(C)C#N)n4)c(C)c3n2)cnc1OC. The monoisotopic (exact) mass is 429 g/mol. The fourth-order valence-electron chi connectivity index (χ4n) is 3.57. The lowest BCUT2D eigenvalue weighted by molar-refractivity contribution is 0.343. The lowest BCUT2D eigenvalue weighted by Gasteiger charge is -2.16. The highest BCUT2D eigenvalue weighted by Gasteiger charge is 2.24. The van der Waals surface area contributed by atoms with Crippen molar-refractivity contribution in [1.29, 1.82) is 5.26 Å². The van der Waals surface area contributed by atoms with Crippen molar-refractivity contribution in [3.8, 4) is 40.7 Å². The molecular weight excluding hydrogens is 406 g/mol. The van der Waals surface area contributed by atoms with Gasteiger partial charge in [-0.25, -0.2) is 15.0 Å². The fourth-order valence-corrected chi connectivity index (χ4v) is 3.57. The van der Waals surface area contributed by atoms with Crippen LogP contribution in [0.15, 0.2) is 42.6 Å². The van der Waals surface area contributed by atoms with Crippen molar-refractivity contribution in [2.45, 2.75) is 26.2 Å². The first-order chi connectivity index (χ1) is 15.3. The van der Waals surface area contributed by atoms with E-state index in [1.807, 2.05) is 45.0 Å². The van der Waals surface area contributed by atoms with Crippen molar-refractivity contribution >= 4 is 10.9 Å². The van der Waals surface area contributed by atoms with Crippen LogP contribution in [-0.2, 0) is 5.41 Å². The molecule has 162 valence electrons. The summed E-state index contributed by atoms with van der Waals surface area (Å²) in [6, 6.07) is 13.1. The number of rotatable bonds is 5. The molecule has 8 nitrogen and oxygen atoms in total. The zero-order valence-corrected chi connectivity index (χ0v) is 18.5. The van der Waals surface area contributed by atoms with Crippen LogP contribution in [-0.4, -0.2) is 38.8 Å². The quantitative estimate of drug-likeness (QED) is 0.504. The number of hydrogen-bond acceptors (Lipinski definition) is 7. The molecule has 0 aliphatic carbocycles. The number of aryl methyl sites for hydroxylation is 1. The summed E-state index contributed by atoms with van der Waals surface area (Å²) in [6.07, 6.45) is 1.66. The summed E-state index contributed by atoms with van der Waals surface area (Å²) in [5, 5.41) is 21.0. The van der Waals surface area contributed by atoms with Crippen LogP contribution in [0.2, 0.25) is 0 Å². The minimum Gasteiger partial charge on any atom is -0.494 e. The first-order valence-corrected chi connectivity index (χ1v) is 9.99. The summed E-state index contributed by atoms with van der Waals surface area (Å²) in [4.78, 5) is 13.7. The Balaban J connectivity index is 1.86. The first kappa shape index (κ1) is 21.1. The minimum absolute atomic E-state index is 0.0430. The van der Waals surface area contributed by atoms with E-state index in [-0.39, 0.29) is 5.88 Å². The Morgan fingerprint density at radius 2 is 1.88 bits per heavy atom. The zero-order chi connectivity index (χ0) is 23.0. The number of hydrogen-bond donors (Lipinski definition) is 1. The van der Waals surface area contributed by atoms with Crippen LogP contribution in [0.25, 0.3) is 28.0 Å². The van der Waals surface area contributed by atoms with E-state index in [4.69, 9.17) is 14.5 Å². The van der Waals surface area contributed by atoms with E-state index in [2.05, 4.69) is 16.0 Å². The van der Waals surface area contributed by atoms with Crippen LogP contribution in [0.3, 0.4) is 0 Å². The van der Waals surface area contributed by atoms with Gasteiger partial charge in [0.15, 0.2) is 5.75 Å². The summed E-state index contributed by atoms with van der Waals surface area (Å²) < 4.78 is 12.2. The Hall–Kier alpha value is -4.12. The van der Waals surface area contributed by atoms with Gasteiger partial charge in [-0.05, 0) is 51.1 Å². The predicted octanol–water partition coefficient (Wildman–Crippen LogP) is 4.31. The third-order valence-electron chi connectivity index (χ3n) is 5.44. The standard InChI is InChI=1S/C24H23N5O3/c1-14-21-16(9-10-17(27-21)15-11-18(31-4)22(32-5)26-12-15)23(30)29(14)20-8-6-7-19(28-20)24(2,3)13-25/h6-12,30H,1-5H3. The Bertz CT molecular complexity index is 1370. The van der Waals surface area contributed by atoms with Crippen LogP contribution in [0.5, 0.6) is 17.5 Å². The van der Waals surface area contributed by atoms with Gasteiger partial charge in [0.05, 0.1) is 53.7 Å². The van der Waals surface area contributed by atoms with E-state index in [0.717, 1.165) is 11.3 Å². The highest BCUT2D eigenvalue weighted by molar-refractivity contribution is 5.90. The topological polar surface area (TPSA) is 106 Å². The van der Waals surface area contributed by atoms with Crippen LogP contribution in [0, 0.1) is 18.3 Å². The molecular formula is C24H23N5O3. The molecule has 1 N–H and O–H groups in total. The molecule has 0 aromatic carbocycles. The van der Waals surface area contributed by atoms with Crippen molar-refractivity contribution in [2.24, 2.45) is 0 Å². The van der Waals surface area contributed by atoms with Crippen molar-refractivity contribution in [3.05, 3.63) is 54.0 Å². The Labute approximate surface area is 185 Å². The van der Waals surface area contributed by atoms with Gasteiger partial charge in [0.25, 0.3) is 5.88 Å². The highest BCUT2D eigenvalue weighted by atomic mass is 16.5. The Kier molecular flexibility index (Phi) is 5.18. The summed E-state index contributed by atoms with van der Waals surface area (Å²) in [5.74, 6) is 1.46. The lowest BCUT2D eigenvalue weighted by Crippen LogP contribution is -2.17. The molecule has 0 bridgehead atoms. The maximum Gasteiger partial charge on any atom is 0.256 e. The molecule has 32 heavy (non-hydrogen) atoms. The number of ether oxygens (including phenoxy) is 2. The molecule has 4 aromatic heterocycles. The van der Waals surface area contributed by atoms with Gasteiger partial charge in [-0.3, -0.25) is 4.57 Å². The molecule has 4 rings (SSSR count). The molecule has 0 amide bonds. The number of aromatic nitrogens is 4. The number of nitriles is 1. The molecule has 0 radical (unpaired) electrons. The third kappa shape index (κ3) is 3.38. The van der Waals surface area contributed by atoms with E-state index >= 15 is 0 Å². The predicted molar refractivity (Wildman–Crippen MR) is 120 cm³/mol. The first-order valence-electron chi connectivity index (χ1n) is 9.99. The number of aromatic hydroxyl groups is 1. The van der Waals surface area contributed by atoms with E-state index in [9.17, 15) is 10.4 Å². The van der Waals surface area contributed by atoms with Gasteiger partial charge in [-0.2, -0.15) is 5.26 Å². The third-order valence-corrected chi connectivity index (χ3v) is 5.44. The maximum atomic E-state index is 11.0. The molecule has 0 atom stereocenters. The van der Waals surface area contributed by atoms with Gasteiger partial charge in [-0.15, -0.1) is 0 Å². The molecule has 0 aliphatic rings. The van der Waals surface area contributed by atoms with E-state index < -0.39 is 5.41 Å². The van der Waals surface area contributed by atoms with Crippen molar-refractivity contribution in [2.75, 3.05) is 14.2 Å². The van der Waals surface area contributed by atoms with Crippen molar-refractivity contribution < 1.29 is 14.6 Å². The molecule has 0 saturated heterocycles. The molecule has 0 unspecified atom stereocenters. The normalized spacial score (nSPS) is 11.4. The van der Waals surface area contributed by atoms with Crippen LogP contribution >= 0.6 is 0 Å². The molecule has 0 saturated carbocycles. The second-order valence-electron chi connectivity index (χ2n) is 7.89. The average molecular weight is 429 g/mol. The molecule has 0 spiro atoms. The van der Waals surface area contributed by atoms with Crippen molar-refractivity contribution in [3.63, 3.8) is 0 Å². The largest absolute Gasteiger partial charge is 0.494 e. The molecule has 4 aromatic rings. The summed E-state index contributed by atoms with van der Waals surface area (Å²) in [5.41, 5.74) is 2.68. The minimum atomic E-state index is -0.752. The Morgan fingerprint density at radius 3 is 2.56 bits per heavy atom. The van der Waals surface area contributed by atoms with E-state index in [1.54, 1.807) is 30.0 Å². The smallest absolute Gasteiger partial charge is 0.256 e. The molecule has 8 heteroatoms. The number of pyridine rings is 3. The number of nitrogens with zero attached hydrogens (tertiary/aromatic N) is 5. The zero-order valence-electron chi connectivity index (χ0n) is 18.5. The maximum absolute atomic E-state index is 11.0. The average Bonchev–Trinajstić information content (AvgIpc) is 3.07. The number of fused-ring (bicyclic) bond motifs is 1. The lowest BCUT2D eigenvalue weighted by atomic mass is 9.91. The van der Waals surface area contributed by atoms with Gasteiger partial charge < -0.3 is 14.6 Å². The van der Waals surface area contributed by atoms with Gasteiger partial charge in [0.2, 0.25) is 5.88 Å². The molecule has 0 aliphatic heterocycles. The van der Waals surface area contributed by atoms with Crippen LogP contribution < -0.4 is 9.47 Å². The number of methoxy groups -OCH3 is 2. The summed E-state index contributed by atoms with van der Waals surface area (Å²) in [6.45, 7) is 5.49. The molecule has 0 fully saturated rings. The highest BCUT2D eigenvalue weighted by Crippen LogP contribution is 2.36. The fraction of sp³-hybridized carbons (Fsp3) is 0.250.